The maximum Gasteiger partial charge on any atom is 0.321 e. The van der Waals surface area contributed by atoms with Crippen LogP contribution in [0.4, 0.5) is 0 Å². The molecule has 0 aromatic heterocycles. The van der Waals surface area contributed by atoms with Gasteiger partial charge >= 0.3 is 5.97 Å². The first-order chi connectivity index (χ1) is 6.66. The molecular weight excluding hydrogens is 194 g/mol. The van der Waals surface area contributed by atoms with E-state index in [1.165, 1.54) is 0 Å². The zero-order valence-corrected chi connectivity index (χ0v) is 10.1. The number of rotatable bonds is 6. The number of carbonyl (C=O) groups is 2. The van der Waals surface area contributed by atoms with Gasteiger partial charge in [-0.1, -0.05) is 27.7 Å². The van der Waals surface area contributed by atoms with Gasteiger partial charge in [-0.25, -0.2) is 0 Å². The third-order valence-corrected chi connectivity index (χ3v) is 2.55. The average Bonchev–Trinajstić information content (AvgIpc) is 2.01. The van der Waals surface area contributed by atoms with Gasteiger partial charge in [0, 0.05) is 5.41 Å². The van der Waals surface area contributed by atoms with Gasteiger partial charge in [0.05, 0.1) is 0 Å². The molecule has 0 radical (unpaired) electrons. The molecule has 0 unspecified atom stereocenters. The van der Waals surface area contributed by atoms with Crippen LogP contribution >= 0.6 is 0 Å². The average molecular weight is 215 g/mol. The fraction of sp³-hybridized carbons (Fsp3) is 0.818. The van der Waals surface area contributed by atoms with Crippen molar-refractivity contribution in [1.29, 1.82) is 0 Å². The van der Waals surface area contributed by atoms with E-state index in [1.54, 1.807) is 7.05 Å². The number of aldehydes is 1. The quantitative estimate of drug-likeness (QED) is 0.655. The topological polar surface area (TPSA) is 66.4 Å². The Morgan fingerprint density at radius 1 is 1.40 bits per heavy atom. The van der Waals surface area contributed by atoms with Crippen molar-refractivity contribution in [3.8, 4) is 0 Å². The molecule has 1 atom stereocenters. The first kappa shape index (κ1) is 14.1. The molecule has 0 bridgehead atoms. The molecule has 0 heterocycles. The van der Waals surface area contributed by atoms with Gasteiger partial charge in [-0.2, -0.15) is 0 Å². The normalized spacial score (nSPS) is 14.7. The van der Waals surface area contributed by atoms with E-state index >= 15 is 0 Å². The molecule has 2 N–H and O–H groups in total. The standard InChI is InChI=1S/C11H21NO3/c1-10(2,7-13)6-11(3,4)8(12-5)9(14)15/h7-8,12H,6H2,1-5H3,(H,14,15)/t8-/m1/s1. The number of carboxylic acid groups (broad SMARTS) is 1. The molecule has 4 heteroatoms. The van der Waals surface area contributed by atoms with Gasteiger partial charge in [-0.3, -0.25) is 4.79 Å². The van der Waals surface area contributed by atoms with Gasteiger partial charge in [0.1, 0.15) is 12.3 Å². The monoisotopic (exact) mass is 215 g/mol. The maximum absolute atomic E-state index is 11.0. The number of aliphatic carboxylic acids is 1. The lowest BCUT2D eigenvalue weighted by molar-refractivity contribution is -0.143. The zero-order valence-electron chi connectivity index (χ0n) is 10.1. The van der Waals surface area contributed by atoms with Crippen LogP contribution in [0, 0.1) is 10.8 Å². The van der Waals surface area contributed by atoms with Crippen molar-refractivity contribution < 1.29 is 14.7 Å². The van der Waals surface area contributed by atoms with Gasteiger partial charge in [-0.15, -0.1) is 0 Å². The molecule has 0 rings (SSSR count). The second-order valence-electron chi connectivity index (χ2n) is 5.33. The predicted molar refractivity (Wildman–Crippen MR) is 58.7 cm³/mol. The molecule has 0 saturated heterocycles. The van der Waals surface area contributed by atoms with Gasteiger partial charge in [-0.05, 0) is 18.9 Å². The Hall–Kier alpha value is -0.900. The van der Waals surface area contributed by atoms with E-state index in [0.29, 0.717) is 6.42 Å². The van der Waals surface area contributed by atoms with E-state index in [4.69, 9.17) is 5.11 Å². The summed E-state index contributed by atoms with van der Waals surface area (Å²) in [4.78, 5) is 21.8. The van der Waals surface area contributed by atoms with Crippen LogP contribution in [0.5, 0.6) is 0 Å². The largest absolute Gasteiger partial charge is 0.480 e. The third-order valence-electron chi connectivity index (χ3n) is 2.55. The molecule has 0 aliphatic heterocycles. The van der Waals surface area contributed by atoms with Crippen molar-refractivity contribution in [3.05, 3.63) is 0 Å². The fourth-order valence-corrected chi connectivity index (χ4v) is 2.17. The van der Waals surface area contributed by atoms with Crippen molar-refractivity contribution in [3.63, 3.8) is 0 Å². The second kappa shape index (κ2) is 4.75. The third kappa shape index (κ3) is 4.00. The molecule has 0 aromatic carbocycles. The first-order valence-electron chi connectivity index (χ1n) is 5.03. The van der Waals surface area contributed by atoms with E-state index in [9.17, 15) is 9.59 Å². The second-order valence-corrected chi connectivity index (χ2v) is 5.33. The van der Waals surface area contributed by atoms with Crippen molar-refractivity contribution >= 4 is 12.3 Å². The number of nitrogens with one attached hydrogen (secondary N) is 1. The van der Waals surface area contributed by atoms with Crippen molar-refractivity contribution in [1.82, 2.24) is 5.32 Å². The highest BCUT2D eigenvalue weighted by molar-refractivity contribution is 5.74. The lowest BCUT2D eigenvalue weighted by atomic mass is 9.71. The molecule has 0 fully saturated rings. The molecule has 15 heavy (non-hydrogen) atoms. The molecule has 0 aromatic rings. The van der Waals surface area contributed by atoms with Crippen molar-refractivity contribution in [2.75, 3.05) is 7.05 Å². The molecule has 4 nitrogen and oxygen atoms in total. The fourth-order valence-electron chi connectivity index (χ4n) is 2.17. The Bertz CT molecular complexity index is 246. The predicted octanol–water partition coefficient (Wildman–Crippen LogP) is 1.30. The minimum atomic E-state index is -0.885. The minimum Gasteiger partial charge on any atom is -0.480 e. The van der Waals surface area contributed by atoms with Crippen LogP contribution in [0.2, 0.25) is 0 Å². The molecule has 0 aliphatic carbocycles. The van der Waals surface area contributed by atoms with E-state index in [1.807, 2.05) is 27.7 Å². The maximum atomic E-state index is 11.0. The van der Waals surface area contributed by atoms with E-state index in [2.05, 4.69) is 5.32 Å². The Morgan fingerprint density at radius 3 is 2.13 bits per heavy atom. The minimum absolute atomic E-state index is 0.467. The zero-order chi connectivity index (χ0) is 12.3. The number of hydrogen-bond donors (Lipinski definition) is 2. The highest BCUT2D eigenvalue weighted by atomic mass is 16.4. The van der Waals surface area contributed by atoms with E-state index < -0.39 is 22.8 Å². The van der Waals surface area contributed by atoms with Crippen LogP contribution in [0.25, 0.3) is 0 Å². The summed E-state index contributed by atoms with van der Waals surface area (Å²) in [6.45, 7) is 7.34. The number of hydrogen-bond acceptors (Lipinski definition) is 3. The van der Waals surface area contributed by atoms with Crippen molar-refractivity contribution in [2.45, 2.75) is 40.2 Å². The van der Waals surface area contributed by atoms with Gasteiger partial charge in [0.25, 0.3) is 0 Å². The summed E-state index contributed by atoms with van der Waals surface area (Å²) < 4.78 is 0. The molecule has 0 saturated carbocycles. The summed E-state index contributed by atoms with van der Waals surface area (Å²) in [5, 5.41) is 11.8. The van der Waals surface area contributed by atoms with Crippen LogP contribution in [-0.4, -0.2) is 30.5 Å². The van der Waals surface area contributed by atoms with E-state index in [0.717, 1.165) is 6.29 Å². The number of likely N-dealkylation sites (N-methyl/N-ethyl adjacent to an activating group) is 1. The highest BCUT2D eigenvalue weighted by Gasteiger charge is 2.38. The molecule has 0 aliphatic rings. The Labute approximate surface area is 91.1 Å². The summed E-state index contributed by atoms with van der Waals surface area (Å²) in [5.74, 6) is -0.885. The Balaban J connectivity index is 4.79. The smallest absolute Gasteiger partial charge is 0.321 e. The molecule has 0 amide bonds. The Morgan fingerprint density at radius 2 is 1.87 bits per heavy atom. The van der Waals surface area contributed by atoms with Crippen LogP contribution in [-0.2, 0) is 9.59 Å². The lowest BCUT2D eigenvalue weighted by Gasteiger charge is -2.35. The Kier molecular flexibility index (Phi) is 4.46. The lowest BCUT2D eigenvalue weighted by Crippen LogP contribution is -2.48. The summed E-state index contributed by atoms with van der Waals surface area (Å²) in [6.07, 6.45) is 1.41. The highest BCUT2D eigenvalue weighted by Crippen LogP contribution is 2.34. The van der Waals surface area contributed by atoms with Gasteiger partial charge in [0.15, 0.2) is 0 Å². The van der Waals surface area contributed by atoms with Crippen LogP contribution in [0.3, 0.4) is 0 Å². The van der Waals surface area contributed by atoms with Gasteiger partial charge in [0.2, 0.25) is 0 Å². The summed E-state index contributed by atoms with van der Waals surface area (Å²) in [7, 11) is 1.62. The van der Waals surface area contributed by atoms with Crippen LogP contribution in [0.15, 0.2) is 0 Å². The summed E-state index contributed by atoms with van der Waals surface area (Å²) in [6, 6.07) is -0.642. The number of carbonyl (C=O) groups excluding carboxylic acids is 1. The number of carboxylic acids is 1. The SMILES string of the molecule is CN[C@H](C(=O)O)C(C)(C)CC(C)(C)C=O. The van der Waals surface area contributed by atoms with Crippen molar-refractivity contribution in [2.24, 2.45) is 10.8 Å². The first-order valence-corrected chi connectivity index (χ1v) is 5.03. The van der Waals surface area contributed by atoms with Crippen LogP contribution < -0.4 is 5.32 Å². The molecule has 88 valence electrons. The van der Waals surface area contributed by atoms with E-state index in [-0.39, 0.29) is 0 Å². The van der Waals surface area contributed by atoms with Crippen LogP contribution in [0.1, 0.15) is 34.1 Å². The molecular formula is C11H21NO3. The molecule has 0 spiro atoms. The summed E-state index contributed by atoms with van der Waals surface area (Å²) >= 11 is 0. The van der Waals surface area contributed by atoms with Gasteiger partial charge < -0.3 is 15.2 Å². The summed E-state index contributed by atoms with van der Waals surface area (Å²) in [5.41, 5.74) is -0.959.